The number of hydrogen-bond acceptors (Lipinski definition) is 8. The average molecular weight is 374 g/mol. The van der Waals surface area contributed by atoms with Crippen LogP contribution in [0.5, 0.6) is 0 Å². The quantitative estimate of drug-likeness (QED) is 0.779. The van der Waals surface area contributed by atoms with Gasteiger partial charge in [-0.3, -0.25) is 9.48 Å². The molecular formula is C17H22N6O4. The lowest BCUT2D eigenvalue weighted by Gasteiger charge is -2.27. The fourth-order valence-electron chi connectivity index (χ4n) is 2.75. The summed E-state index contributed by atoms with van der Waals surface area (Å²) in [5.74, 6) is -0.585. The van der Waals surface area contributed by atoms with E-state index in [-0.39, 0.29) is 11.4 Å². The van der Waals surface area contributed by atoms with Crippen molar-refractivity contribution in [3.8, 4) is 0 Å². The van der Waals surface area contributed by atoms with Crippen LogP contribution in [0.25, 0.3) is 0 Å². The van der Waals surface area contributed by atoms with Gasteiger partial charge in [0.1, 0.15) is 5.69 Å². The highest BCUT2D eigenvalue weighted by atomic mass is 16.5. The Morgan fingerprint density at radius 1 is 1.22 bits per heavy atom. The molecule has 10 heteroatoms. The van der Waals surface area contributed by atoms with Gasteiger partial charge in [-0.2, -0.15) is 5.10 Å². The van der Waals surface area contributed by atoms with Crippen LogP contribution in [0.1, 0.15) is 32.4 Å². The number of carbonyl (C=O) groups is 2. The van der Waals surface area contributed by atoms with Crippen LogP contribution in [0.4, 0.5) is 11.6 Å². The second kappa shape index (κ2) is 7.70. The number of rotatable bonds is 4. The van der Waals surface area contributed by atoms with Gasteiger partial charge in [0.25, 0.3) is 5.91 Å². The molecule has 0 aliphatic carbocycles. The summed E-state index contributed by atoms with van der Waals surface area (Å²) in [6, 6.07) is 1.60. The normalized spacial score (nSPS) is 14.1. The highest BCUT2D eigenvalue weighted by Crippen LogP contribution is 2.21. The molecule has 0 radical (unpaired) electrons. The van der Waals surface area contributed by atoms with E-state index in [1.54, 1.807) is 27.0 Å². The van der Waals surface area contributed by atoms with Gasteiger partial charge in [0, 0.05) is 25.8 Å². The van der Waals surface area contributed by atoms with Crippen LogP contribution >= 0.6 is 0 Å². The third-order valence-electron chi connectivity index (χ3n) is 4.32. The smallest absolute Gasteiger partial charge is 0.360 e. The van der Waals surface area contributed by atoms with E-state index in [0.717, 1.165) is 0 Å². The summed E-state index contributed by atoms with van der Waals surface area (Å²) < 4.78 is 11.6. The molecule has 1 amide bonds. The minimum Gasteiger partial charge on any atom is -0.464 e. The third kappa shape index (κ3) is 3.90. The van der Waals surface area contributed by atoms with Gasteiger partial charge in [-0.15, -0.1) is 0 Å². The molecule has 1 aliphatic rings. The summed E-state index contributed by atoms with van der Waals surface area (Å²) in [4.78, 5) is 35.5. The molecule has 0 unspecified atom stereocenters. The zero-order valence-electron chi connectivity index (χ0n) is 15.8. The molecule has 2 aromatic rings. The van der Waals surface area contributed by atoms with Crippen molar-refractivity contribution in [2.45, 2.75) is 13.8 Å². The maximum absolute atomic E-state index is 12.8. The van der Waals surface area contributed by atoms with Crippen LogP contribution in [-0.2, 0) is 16.5 Å². The third-order valence-corrected chi connectivity index (χ3v) is 4.32. The Bertz CT molecular complexity index is 873. The van der Waals surface area contributed by atoms with E-state index in [1.165, 1.54) is 11.8 Å². The Morgan fingerprint density at radius 2 is 1.93 bits per heavy atom. The van der Waals surface area contributed by atoms with Crippen molar-refractivity contribution in [3.63, 3.8) is 0 Å². The van der Waals surface area contributed by atoms with E-state index in [9.17, 15) is 9.59 Å². The van der Waals surface area contributed by atoms with Gasteiger partial charge < -0.3 is 19.7 Å². The Kier molecular flexibility index (Phi) is 5.36. The minimum absolute atomic E-state index is 0.0463. The molecule has 3 rings (SSSR count). The molecule has 0 bridgehead atoms. The van der Waals surface area contributed by atoms with Crippen LogP contribution in [0.15, 0.2) is 6.07 Å². The number of morpholine rings is 1. The SMILES string of the molecule is COC(=O)c1nn(C)c(C)c1NC(=O)c1cc(C)nc(N2CCOCC2)n1. The first-order valence-corrected chi connectivity index (χ1v) is 8.52. The van der Waals surface area contributed by atoms with Crippen molar-refractivity contribution in [1.29, 1.82) is 0 Å². The van der Waals surface area contributed by atoms with Crippen LogP contribution < -0.4 is 10.2 Å². The van der Waals surface area contributed by atoms with Crippen molar-refractivity contribution in [3.05, 3.63) is 28.8 Å². The molecule has 0 saturated carbocycles. The number of aromatic nitrogens is 4. The number of amides is 1. The molecule has 27 heavy (non-hydrogen) atoms. The number of methoxy groups -OCH3 is 1. The summed E-state index contributed by atoms with van der Waals surface area (Å²) in [5, 5.41) is 6.84. The van der Waals surface area contributed by atoms with Crippen molar-refractivity contribution in [1.82, 2.24) is 19.7 Å². The van der Waals surface area contributed by atoms with Crippen molar-refractivity contribution < 1.29 is 19.1 Å². The van der Waals surface area contributed by atoms with Crippen LogP contribution in [-0.4, -0.2) is 65.0 Å². The summed E-state index contributed by atoms with van der Waals surface area (Å²) in [7, 11) is 2.95. The number of anilines is 2. The predicted octanol–water partition coefficient (Wildman–Crippen LogP) is 0.702. The Hall–Kier alpha value is -3.01. The van der Waals surface area contributed by atoms with E-state index in [1.807, 2.05) is 4.90 Å². The second-order valence-electron chi connectivity index (χ2n) is 6.17. The largest absolute Gasteiger partial charge is 0.464 e. The standard InChI is InChI=1S/C17H22N6O4/c1-10-9-12(19-17(18-10)23-5-7-27-8-6-23)15(24)20-13-11(2)22(3)21-14(13)16(25)26-4/h9H,5-8H2,1-4H3,(H,20,24). The van der Waals surface area contributed by atoms with E-state index < -0.39 is 11.9 Å². The molecule has 0 spiro atoms. The second-order valence-corrected chi connectivity index (χ2v) is 6.17. The molecule has 1 saturated heterocycles. The first-order chi connectivity index (χ1) is 12.9. The maximum atomic E-state index is 12.8. The minimum atomic E-state index is -0.623. The van der Waals surface area contributed by atoms with Crippen molar-refractivity contribution in [2.75, 3.05) is 43.6 Å². The van der Waals surface area contributed by atoms with Gasteiger partial charge in [-0.25, -0.2) is 14.8 Å². The number of esters is 1. The molecule has 10 nitrogen and oxygen atoms in total. The lowest BCUT2D eigenvalue weighted by Crippen LogP contribution is -2.37. The first-order valence-electron chi connectivity index (χ1n) is 8.52. The van der Waals surface area contributed by atoms with Crippen molar-refractivity contribution in [2.24, 2.45) is 7.05 Å². The van der Waals surface area contributed by atoms with E-state index >= 15 is 0 Å². The highest BCUT2D eigenvalue weighted by molar-refractivity contribution is 6.07. The Balaban J connectivity index is 1.89. The molecular weight excluding hydrogens is 352 g/mol. The molecule has 3 heterocycles. The molecule has 1 aliphatic heterocycles. The summed E-state index contributed by atoms with van der Waals surface area (Å²) in [6.45, 7) is 6.07. The Labute approximate surface area is 156 Å². The summed E-state index contributed by atoms with van der Waals surface area (Å²) in [5.41, 5.74) is 1.86. The van der Waals surface area contributed by atoms with E-state index in [0.29, 0.717) is 49.3 Å². The highest BCUT2D eigenvalue weighted by Gasteiger charge is 2.24. The lowest BCUT2D eigenvalue weighted by atomic mass is 10.2. The molecule has 2 aromatic heterocycles. The van der Waals surface area contributed by atoms with Gasteiger partial charge >= 0.3 is 5.97 Å². The maximum Gasteiger partial charge on any atom is 0.360 e. The van der Waals surface area contributed by atoms with Gasteiger partial charge in [0.2, 0.25) is 5.95 Å². The number of nitrogens with one attached hydrogen (secondary N) is 1. The fourth-order valence-corrected chi connectivity index (χ4v) is 2.75. The molecule has 0 atom stereocenters. The Morgan fingerprint density at radius 3 is 2.59 bits per heavy atom. The van der Waals surface area contributed by atoms with Crippen LogP contribution in [0.3, 0.4) is 0 Å². The number of aryl methyl sites for hydroxylation is 2. The van der Waals surface area contributed by atoms with E-state index in [2.05, 4.69) is 20.4 Å². The van der Waals surface area contributed by atoms with Crippen LogP contribution in [0, 0.1) is 13.8 Å². The number of hydrogen-bond donors (Lipinski definition) is 1. The van der Waals surface area contributed by atoms with Crippen LogP contribution in [0.2, 0.25) is 0 Å². The molecule has 1 fully saturated rings. The zero-order valence-corrected chi connectivity index (χ0v) is 15.8. The summed E-state index contributed by atoms with van der Waals surface area (Å²) in [6.07, 6.45) is 0. The number of nitrogens with zero attached hydrogens (tertiary/aromatic N) is 5. The summed E-state index contributed by atoms with van der Waals surface area (Å²) >= 11 is 0. The van der Waals surface area contributed by atoms with Gasteiger partial charge in [0.05, 0.1) is 31.7 Å². The van der Waals surface area contributed by atoms with Crippen molar-refractivity contribution >= 4 is 23.5 Å². The molecule has 1 N–H and O–H groups in total. The number of ether oxygens (including phenoxy) is 2. The van der Waals surface area contributed by atoms with Gasteiger partial charge in [-0.05, 0) is 19.9 Å². The molecule has 0 aromatic carbocycles. The predicted molar refractivity (Wildman–Crippen MR) is 97.0 cm³/mol. The zero-order chi connectivity index (χ0) is 19.6. The first kappa shape index (κ1) is 18.8. The van der Waals surface area contributed by atoms with Gasteiger partial charge in [0.15, 0.2) is 5.69 Å². The van der Waals surface area contributed by atoms with Gasteiger partial charge in [-0.1, -0.05) is 0 Å². The van der Waals surface area contributed by atoms with E-state index in [4.69, 9.17) is 9.47 Å². The average Bonchev–Trinajstić information content (AvgIpc) is 2.96. The topological polar surface area (TPSA) is 111 Å². The number of carbonyl (C=O) groups excluding carboxylic acids is 2. The lowest BCUT2D eigenvalue weighted by molar-refractivity contribution is 0.0594. The molecule has 144 valence electrons. The monoisotopic (exact) mass is 374 g/mol. The fraction of sp³-hybridized carbons (Fsp3) is 0.471.